The number of nitrogens with zero attached hydrogens (tertiary/aromatic N) is 3. The summed E-state index contributed by atoms with van der Waals surface area (Å²) >= 11 is 0. The van der Waals surface area contributed by atoms with Crippen LogP contribution in [0.15, 0.2) is 0 Å². The maximum atomic E-state index is 4.21. The Kier molecular flexibility index (Phi) is 2.59. The van der Waals surface area contributed by atoms with Crippen molar-refractivity contribution in [2.45, 2.75) is 32.2 Å². The molecule has 72 valence electrons. The first-order valence-electron chi connectivity index (χ1n) is 4.97. The van der Waals surface area contributed by atoms with Crippen molar-refractivity contribution in [1.82, 2.24) is 20.3 Å². The van der Waals surface area contributed by atoms with E-state index in [4.69, 9.17) is 0 Å². The van der Waals surface area contributed by atoms with Crippen LogP contribution in [-0.2, 0) is 19.4 Å². The first-order valence-corrected chi connectivity index (χ1v) is 4.97. The van der Waals surface area contributed by atoms with Gasteiger partial charge in [0, 0.05) is 19.5 Å². The molecule has 1 N–H and O–H groups in total. The van der Waals surface area contributed by atoms with Crippen LogP contribution in [-0.4, -0.2) is 28.6 Å². The molecular formula is C9H16N4. The molecule has 1 aliphatic heterocycles. The summed E-state index contributed by atoms with van der Waals surface area (Å²) in [5.74, 6) is 0. The van der Waals surface area contributed by atoms with Crippen LogP contribution in [0.4, 0.5) is 0 Å². The topological polar surface area (TPSA) is 42.7 Å². The molecular weight excluding hydrogens is 164 g/mol. The Morgan fingerprint density at radius 2 is 2.38 bits per heavy atom. The summed E-state index contributed by atoms with van der Waals surface area (Å²) in [6.07, 6.45) is 4.71. The third-order valence-electron chi connectivity index (χ3n) is 2.56. The molecule has 0 fully saturated rings. The summed E-state index contributed by atoms with van der Waals surface area (Å²) in [4.78, 5) is 0. The van der Waals surface area contributed by atoms with Gasteiger partial charge in [-0.1, -0.05) is 5.21 Å². The van der Waals surface area contributed by atoms with Crippen molar-refractivity contribution in [1.29, 1.82) is 0 Å². The van der Waals surface area contributed by atoms with Crippen LogP contribution in [0.25, 0.3) is 0 Å². The maximum Gasteiger partial charge on any atom is 0.0871 e. The number of hydrogen-bond donors (Lipinski definition) is 1. The van der Waals surface area contributed by atoms with Gasteiger partial charge in [0.2, 0.25) is 0 Å². The number of fused-ring (bicyclic) bond motifs is 1. The second-order valence-electron chi connectivity index (χ2n) is 3.52. The Labute approximate surface area is 78.3 Å². The first kappa shape index (κ1) is 8.69. The Balaban J connectivity index is 2.12. The van der Waals surface area contributed by atoms with Crippen molar-refractivity contribution in [2.24, 2.45) is 0 Å². The fraction of sp³-hybridized carbons (Fsp3) is 0.778. The zero-order valence-corrected chi connectivity index (χ0v) is 8.08. The highest BCUT2D eigenvalue weighted by Crippen LogP contribution is 2.15. The normalized spacial score (nSPS) is 15.8. The second kappa shape index (κ2) is 3.87. The van der Waals surface area contributed by atoms with Gasteiger partial charge in [-0.05, 0) is 26.3 Å². The highest BCUT2D eigenvalue weighted by molar-refractivity contribution is 5.12. The van der Waals surface area contributed by atoms with E-state index in [0.717, 1.165) is 25.9 Å². The minimum Gasteiger partial charge on any atom is -0.319 e. The van der Waals surface area contributed by atoms with E-state index < -0.39 is 0 Å². The first-order chi connectivity index (χ1) is 6.42. The Bertz CT molecular complexity index is 279. The predicted octanol–water partition coefficient (Wildman–Crippen LogP) is 0.376. The van der Waals surface area contributed by atoms with Crippen LogP contribution in [0, 0.1) is 0 Å². The number of rotatable bonds is 3. The van der Waals surface area contributed by atoms with E-state index in [9.17, 15) is 0 Å². The minimum absolute atomic E-state index is 0.992. The van der Waals surface area contributed by atoms with Crippen molar-refractivity contribution >= 4 is 0 Å². The van der Waals surface area contributed by atoms with Crippen LogP contribution in [0.5, 0.6) is 0 Å². The molecule has 1 aromatic heterocycles. The summed E-state index contributed by atoms with van der Waals surface area (Å²) in [5.41, 5.74) is 2.55. The Morgan fingerprint density at radius 3 is 3.23 bits per heavy atom. The second-order valence-corrected chi connectivity index (χ2v) is 3.52. The van der Waals surface area contributed by atoms with Crippen LogP contribution >= 0.6 is 0 Å². The molecule has 0 aromatic carbocycles. The van der Waals surface area contributed by atoms with E-state index in [1.54, 1.807) is 0 Å². The van der Waals surface area contributed by atoms with Crippen LogP contribution in [0.1, 0.15) is 24.2 Å². The van der Waals surface area contributed by atoms with Gasteiger partial charge >= 0.3 is 0 Å². The van der Waals surface area contributed by atoms with Gasteiger partial charge in [-0.3, -0.25) is 0 Å². The lowest BCUT2D eigenvalue weighted by atomic mass is 10.1. The molecule has 0 amide bonds. The van der Waals surface area contributed by atoms with E-state index in [2.05, 4.69) is 20.3 Å². The molecule has 1 aliphatic rings. The minimum atomic E-state index is 0.992. The van der Waals surface area contributed by atoms with Crippen molar-refractivity contribution in [2.75, 3.05) is 13.6 Å². The number of hydrogen-bond acceptors (Lipinski definition) is 3. The lowest BCUT2D eigenvalue weighted by Crippen LogP contribution is -2.15. The molecule has 2 rings (SSSR count). The molecule has 2 heterocycles. The average molecular weight is 180 g/mol. The smallest absolute Gasteiger partial charge is 0.0871 e. The van der Waals surface area contributed by atoms with Crippen LogP contribution in [0.3, 0.4) is 0 Å². The maximum absolute atomic E-state index is 4.21. The van der Waals surface area contributed by atoms with Gasteiger partial charge in [-0.15, -0.1) is 5.10 Å². The molecule has 0 spiro atoms. The van der Waals surface area contributed by atoms with Crippen molar-refractivity contribution in [3.8, 4) is 0 Å². The van der Waals surface area contributed by atoms with E-state index in [1.807, 2.05) is 7.05 Å². The number of aromatic nitrogens is 3. The largest absolute Gasteiger partial charge is 0.319 e. The Morgan fingerprint density at radius 1 is 1.46 bits per heavy atom. The molecule has 1 aromatic rings. The highest BCUT2D eigenvalue weighted by atomic mass is 15.4. The summed E-state index contributed by atoms with van der Waals surface area (Å²) in [6, 6.07) is 0. The summed E-state index contributed by atoms with van der Waals surface area (Å²) in [6.45, 7) is 2.05. The average Bonchev–Trinajstić information content (AvgIpc) is 2.58. The number of likely N-dealkylation sites (N-methyl/N-ethyl adjacent to an activating group) is 1. The van der Waals surface area contributed by atoms with E-state index >= 15 is 0 Å². The summed E-state index contributed by atoms with van der Waals surface area (Å²) in [5, 5.41) is 11.5. The molecule has 0 saturated heterocycles. The fourth-order valence-electron chi connectivity index (χ4n) is 1.81. The van der Waals surface area contributed by atoms with Gasteiger partial charge in [-0.25, -0.2) is 4.68 Å². The van der Waals surface area contributed by atoms with Crippen molar-refractivity contribution < 1.29 is 0 Å². The van der Waals surface area contributed by atoms with Crippen molar-refractivity contribution in [3.63, 3.8) is 0 Å². The molecule has 0 atom stereocenters. The van der Waals surface area contributed by atoms with Gasteiger partial charge < -0.3 is 5.32 Å². The molecule has 4 heteroatoms. The number of aryl methyl sites for hydroxylation is 1. The van der Waals surface area contributed by atoms with Gasteiger partial charge in [-0.2, -0.15) is 0 Å². The van der Waals surface area contributed by atoms with E-state index in [0.29, 0.717) is 0 Å². The SMILES string of the molecule is CNCCc1nnn2c1CCCC2. The molecule has 4 nitrogen and oxygen atoms in total. The summed E-state index contributed by atoms with van der Waals surface area (Å²) in [7, 11) is 1.97. The third kappa shape index (κ3) is 1.72. The zero-order valence-electron chi connectivity index (χ0n) is 8.08. The molecule has 0 saturated carbocycles. The quantitative estimate of drug-likeness (QED) is 0.731. The van der Waals surface area contributed by atoms with Gasteiger partial charge in [0.25, 0.3) is 0 Å². The molecule has 13 heavy (non-hydrogen) atoms. The molecule has 0 radical (unpaired) electrons. The lowest BCUT2D eigenvalue weighted by Gasteiger charge is -2.12. The van der Waals surface area contributed by atoms with Crippen LogP contribution < -0.4 is 5.32 Å². The monoisotopic (exact) mass is 180 g/mol. The lowest BCUT2D eigenvalue weighted by molar-refractivity contribution is 0.476. The van der Waals surface area contributed by atoms with Gasteiger partial charge in [0.15, 0.2) is 0 Å². The van der Waals surface area contributed by atoms with Crippen LogP contribution in [0.2, 0.25) is 0 Å². The summed E-state index contributed by atoms with van der Waals surface area (Å²) < 4.78 is 2.06. The molecule has 0 aliphatic carbocycles. The zero-order chi connectivity index (χ0) is 9.10. The van der Waals surface area contributed by atoms with Gasteiger partial charge in [0.1, 0.15) is 0 Å². The fourth-order valence-corrected chi connectivity index (χ4v) is 1.81. The molecule has 0 bridgehead atoms. The predicted molar refractivity (Wildman–Crippen MR) is 50.6 cm³/mol. The van der Waals surface area contributed by atoms with E-state index in [1.165, 1.54) is 24.2 Å². The molecule has 0 unspecified atom stereocenters. The standard InChI is InChI=1S/C9H16N4/c1-10-6-5-8-9-4-2-3-7-13(9)12-11-8/h10H,2-7H2,1H3. The highest BCUT2D eigenvalue weighted by Gasteiger charge is 2.15. The Hall–Kier alpha value is -0.900. The van der Waals surface area contributed by atoms with E-state index in [-0.39, 0.29) is 0 Å². The van der Waals surface area contributed by atoms with Gasteiger partial charge in [0.05, 0.1) is 11.4 Å². The number of nitrogens with one attached hydrogen (secondary N) is 1. The van der Waals surface area contributed by atoms with Crippen molar-refractivity contribution in [3.05, 3.63) is 11.4 Å². The third-order valence-corrected chi connectivity index (χ3v) is 2.56.